The van der Waals surface area contributed by atoms with E-state index in [0.717, 1.165) is 11.3 Å². The van der Waals surface area contributed by atoms with Gasteiger partial charge in [-0.25, -0.2) is 8.42 Å². The van der Waals surface area contributed by atoms with E-state index < -0.39 is 10.0 Å². The molecule has 2 aromatic carbocycles. The van der Waals surface area contributed by atoms with Crippen LogP contribution in [-0.2, 0) is 10.0 Å². The maximum atomic E-state index is 12.7. The summed E-state index contributed by atoms with van der Waals surface area (Å²) < 4.78 is 26.9. The standard InChI is InChI=1S/C18H19Cl2N3O2S2/c1-13-2-7-17(16(20)12-13)21-18(26)22-8-10-23(11-9-22)27(24,25)15-5-3-14(19)4-6-15/h2-7,12H,8-11H2,1H3,(H,21,26). The molecule has 0 saturated carbocycles. The van der Waals surface area contributed by atoms with Gasteiger partial charge in [0.1, 0.15) is 0 Å². The highest BCUT2D eigenvalue weighted by molar-refractivity contribution is 7.89. The van der Waals surface area contributed by atoms with Gasteiger partial charge >= 0.3 is 0 Å². The fourth-order valence-electron chi connectivity index (χ4n) is 2.80. The number of rotatable bonds is 3. The first kappa shape index (κ1) is 20.4. The average molecular weight is 444 g/mol. The molecular formula is C18H19Cl2N3O2S2. The molecule has 0 spiro atoms. The minimum atomic E-state index is -3.54. The number of nitrogens with zero attached hydrogens (tertiary/aromatic N) is 2. The Morgan fingerprint density at radius 3 is 2.26 bits per heavy atom. The van der Waals surface area contributed by atoms with E-state index in [0.29, 0.717) is 41.3 Å². The highest BCUT2D eigenvalue weighted by Gasteiger charge is 2.29. The molecule has 2 aromatic rings. The van der Waals surface area contributed by atoms with E-state index in [1.54, 1.807) is 12.1 Å². The third-order valence-electron chi connectivity index (χ3n) is 4.34. The fourth-order valence-corrected chi connectivity index (χ4v) is 4.93. The van der Waals surface area contributed by atoms with Gasteiger partial charge in [0.05, 0.1) is 15.6 Å². The van der Waals surface area contributed by atoms with Crippen molar-refractivity contribution in [1.82, 2.24) is 9.21 Å². The Morgan fingerprint density at radius 2 is 1.67 bits per heavy atom. The van der Waals surface area contributed by atoms with Gasteiger partial charge in [-0.1, -0.05) is 29.3 Å². The quantitative estimate of drug-likeness (QED) is 0.726. The van der Waals surface area contributed by atoms with Gasteiger partial charge in [0, 0.05) is 31.2 Å². The summed E-state index contributed by atoms with van der Waals surface area (Å²) in [5.74, 6) is 0. The number of anilines is 1. The van der Waals surface area contributed by atoms with Crippen LogP contribution in [0.25, 0.3) is 0 Å². The molecule has 0 unspecified atom stereocenters. The van der Waals surface area contributed by atoms with E-state index in [9.17, 15) is 8.42 Å². The van der Waals surface area contributed by atoms with Gasteiger partial charge in [0.25, 0.3) is 0 Å². The molecule has 1 saturated heterocycles. The van der Waals surface area contributed by atoms with Crippen molar-refractivity contribution in [2.24, 2.45) is 0 Å². The van der Waals surface area contributed by atoms with Gasteiger partial charge in [-0.3, -0.25) is 0 Å². The molecule has 1 aliphatic rings. The molecule has 5 nitrogen and oxygen atoms in total. The molecule has 0 amide bonds. The Balaban J connectivity index is 1.62. The number of nitrogens with one attached hydrogen (secondary N) is 1. The maximum absolute atomic E-state index is 12.7. The van der Waals surface area contributed by atoms with E-state index in [-0.39, 0.29) is 4.90 Å². The SMILES string of the molecule is Cc1ccc(NC(=S)N2CCN(S(=O)(=O)c3ccc(Cl)cc3)CC2)c(Cl)c1. The third-order valence-corrected chi connectivity index (χ3v) is 7.18. The van der Waals surface area contributed by atoms with Gasteiger partial charge in [-0.05, 0) is 61.1 Å². The molecule has 0 aliphatic carbocycles. The summed E-state index contributed by atoms with van der Waals surface area (Å²) in [4.78, 5) is 2.19. The topological polar surface area (TPSA) is 52.6 Å². The monoisotopic (exact) mass is 443 g/mol. The highest BCUT2D eigenvalue weighted by Crippen LogP contribution is 2.24. The molecule has 1 aliphatic heterocycles. The predicted molar refractivity (Wildman–Crippen MR) is 114 cm³/mol. The summed E-state index contributed by atoms with van der Waals surface area (Å²) >= 11 is 17.5. The smallest absolute Gasteiger partial charge is 0.243 e. The normalized spacial score (nSPS) is 15.6. The molecule has 0 aromatic heterocycles. The van der Waals surface area contributed by atoms with Gasteiger partial charge < -0.3 is 10.2 Å². The van der Waals surface area contributed by atoms with Crippen molar-refractivity contribution < 1.29 is 8.42 Å². The molecule has 1 heterocycles. The maximum Gasteiger partial charge on any atom is 0.243 e. The lowest BCUT2D eigenvalue weighted by atomic mass is 10.2. The molecule has 3 rings (SSSR count). The summed E-state index contributed by atoms with van der Waals surface area (Å²) in [6.07, 6.45) is 0. The Morgan fingerprint density at radius 1 is 1.04 bits per heavy atom. The van der Waals surface area contributed by atoms with E-state index in [2.05, 4.69) is 5.32 Å². The predicted octanol–water partition coefficient (Wildman–Crippen LogP) is 4.01. The van der Waals surface area contributed by atoms with Crippen LogP contribution in [0.1, 0.15) is 5.56 Å². The van der Waals surface area contributed by atoms with Crippen molar-refractivity contribution in [2.45, 2.75) is 11.8 Å². The minimum Gasteiger partial charge on any atom is -0.346 e. The number of halogens is 2. The molecule has 1 fully saturated rings. The van der Waals surface area contributed by atoms with Crippen molar-refractivity contribution in [3.63, 3.8) is 0 Å². The van der Waals surface area contributed by atoms with E-state index in [1.807, 2.05) is 30.0 Å². The lowest BCUT2D eigenvalue weighted by Gasteiger charge is -2.35. The van der Waals surface area contributed by atoms with Gasteiger partial charge in [0.15, 0.2) is 5.11 Å². The highest BCUT2D eigenvalue weighted by atomic mass is 35.5. The molecule has 27 heavy (non-hydrogen) atoms. The summed E-state index contributed by atoms with van der Waals surface area (Å²) in [7, 11) is -3.54. The van der Waals surface area contributed by atoms with Crippen LogP contribution in [0.3, 0.4) is 0 Å². The number of sulfonamides is 1. The van der Waals surface area contributed by atoms with Crippen molar-refractivity contribution in [3.05, 3.63) is 58.1 Å². The summed E-state index contributed by atoms with van der Waals surface area (Å²) in [6, 6.07) is 11.9. The van der Waals surface area contributed by atoms with Crippen LogP contribution < -0.4 is 5.32 Å². The van der Waals surface area contributed by atoms with Crippen LogP contribution in [0.4, 0.5) is 5.69 Å². The molecule has 0 radical (unpaired) electrons. The van der Waals surface area contributed by atoms with Gasteiger partial charge in [0.2, 0.25) is 10.0 Å². The van der Waals surface area contributed by atoms with Crippen LogP contribution in [-0.4, -0.2) is 48.9 Å². The Labute approximate surface area is 174 Å². The summed E-state index contributed by atoms with van der Waals surface area (Å²) in [6.45, 7) is 3.68. The van der Waals surface area contributed by atoms with Crippen molar-refractivity contribution >= 4 is 56.2 Å². The number of thiocarbonyl (C=S) groups is 1. The number of piperazine rings is 1. The Hall–Kier alpha value is -1.38. The molecule has 144 valence electrons. The van der Waals surface area contributed by atoms with E-state index >= 15 is 0 Å². The average Bonchev–Trinajstić information content (AvgIpc) is 2.64. The van der Waals surface area contributed by atoms with E-state index in [1.165, 1.54) is 16.4 Å². The molecule has 0 bridgehead atoms. The van der Waals surface area contributed by atoms with Crippen molar-refractivity contribution in [2.75, 3.05) is 31.5 Å². The third kappa shape index (κ3) is 4.73. The molecule has 1 N–H and O–H groups in total. The second kappa shape index (κ2) is 8.32. The lowest BCUT2D eigenvalue weighted by Crippen LogP contribution is -2.51. The van der Waals surface area contributed by atoms with Crippen molar-refractivity contribution in [3.8, 4) is 0 Å². The Kier molecular flexibility index (Phi) is 6.28. The number of hydrogen-bond acceptors (Lipinski definition) is 3. The number of aryl methyl sites for hydroxylation is 1. The summed E-state index contributed by atoms with van der Waals surface area (Å²) in [5, 5.41) is 4.78. The van der Waals surface area contributed by atoms with Gasteiger partial charge in [-0.15, -0.1) is 0 Å². The number of benzene rings is 2. The van der Waals surface area contributed by atoms with Crippen LogP contribution in [0.5, 0.6) is 0 Å². The second-order valence-electron chi connectivity index (χ2n) is 6.26. The fraction of sp³-hybridized carbons (Fsp3) is 0.278. The first-order valence-corrected chi connectivity index (χ1v) is 11.0. The first-order valence-electron chi connectivity index (χ1n) is 8.35. The second-order valence-corrected chi connectivity index (χ2v) is 9.43. The van der Waals surface area contributed by atoms with Crippen LogP contribution in [0.15, 0.2) is 47.4 Å². The lowest BCUT2D eigenvalue weighted by molar-refractivity contribution is 0.268. The van der Waals surface area contributed by atoms with Crippen molar-refractivity contribution in [1.29, 1.82) is 0 Å². The number of hydrogen-bond donors (Lipinski definition) is 1. The van der Waals surface area contributed by atoms with Crippen LogP contribution in [0.2, 0.25) is 10.0 Å². The zero-order valence-electron chi connectivity index (χ0n) is 14.7. The molecular weight excluding hydrogens is 425 g/mol. The minimum absolute atomic E-state index is 0.243. The zero-order chi connectivity index (χ0) is 19.6. The molecule has 9 heteroatoms. The Bertz CT molecular complexity index is 942. The van der Waals surface area contributed by atoms with Crippen LogP contribution in [0, 0.1) is 6.92 Å². The van der Waals surface area contributed by atoms with Crippen LogP contribution >= 0.6 is 35.4 Å². The zero-order valence-corrected chi connectivity index (χ0v) is 17.8. The largest absolute Gasteiger partial charge is 0.346 e. The summed E-state index contributed by atoms with van der Waals surface area (Å²) in [5.41, 5.74) is 1.81. The first-order chi connectivity index (χ1) is 12.8. The van der Waals surface area contributed by atoms with E-state index in [4.69, 9.17) is 35.4 Å². The van der Waals surface area contributed by atoms with Gasteiger partial charge in [-0.2, -0.15) is 4.31 Å². The molecule has 0 atom stereocenters.